The van der Waals surface area contributed by atoms with Crippen LogP contribution in [0.1, 0.15) is 24.8 Å². The molecular formula is C20H31BrIN5O. The Balaban J connectivity index is 0.00000280. The van der Waals surface area contributed by atoms with Crippen molar-refractivity contribution in [2.75, 3.05) is 52.9 Å². The number of rotatable bonds is 4. The monoisotopic (exact) mass is 563 g/mol. The zero-order chi connectivity index (χ0) is 19.1. The average Bonchev–Trinajstić information content (AvgIpc) is 2.71. The molecule has 1 N–H and O–H groups in total. The Hall–Kier alpha value is -0.870. The van der Waals surface area contributed by atoms with E-state index in [-0.39, 0.29) is 24.0 Å². The maximum absolute atomic E-state index is 12.5. The minimum absolute atomic E-state index is 0. The number of carbonyl (C=O) groups excluding carboxylic acids is 1. The number of nitrogens with zero attached hydrogens (tertiary/aromatic N) is 4. The molecular weight excluding hydrogens is 533 g/mol. The van der Waals surface area contributed by atoms with E-state index < -0.39 is 0 Å². The first-order valence-electron chi connectivity index (χ1n) is 9.86. The van der Waals surface area contributed by atoms with Crippen molar-refractivity contribution in [3.8, 4) is 0 Å². The largest absolute Gasteiger partial charge is 0.352 e. The maximum Gasteiger partial charge on any atom is 0.236 e. The van der Waals surface area contributed by atoms with Gasteiger partial charge in [0.1, 0.15) is 0 Å². The van der Waals surface area contributed by atoms with Gasteiger partial charge in [0.15, 0.2) is 5.96 Å². The summed E-state index contributed by atoms with van der Waals surface area (Å²) < 4.78 is 1.09. The average molecular weight is 564 g/mol. The molecule has 2 aliphatic heterocycles. The lowest BCUT2D eigenvalue weighted by Crippen LogP contribution is -2.54. The molecule has 0 unspecified atom stereocenters. The Morgan fingerprint density at radius 1 is 1.00 bits per heavy atom. The highest BCUT2D eigenvalue weighted by molar-refractivity contribution is 14.0. The van der Waals surface area contributed by atoms with Gasteiger partial charge in [0, 0.05) is 57.3 Å². The van der Waals surface area contributed by atoms with E-state index >= 15 is 0 Å². The van der Waals surface area contributed by atoms with Crippen molar-refractivity contribution in [2.45, 2.75) is 25.8 Å². The van der Waals surface area contributed by atoms with Crippen molar-refractivity contribution in [1.82, 2.24) is 20.0 Å². The number of guanidine groups is 1. The normalized spacial score (nSPS) is 18.6. The SMILES string of the molecule is CN=C(NCc1ccc(Br)cc1)N1CCN(CC(=O)N2CCCCC2)CC1.I. The summed E-state index contributed by atoms with van der Waals surface area (Å²) in [5.74, 6) is 1.22. The van der Waals surface area contributed by atoms with Crippen LogP contribution in [0, 0.1) is 0 Å². The number of likely N-dealkylation sites (tertiary alicyclic amines) is 1. The second-order valence-corrected chi connectivity index (χ2v) is 8.15. The number of amides is 1. The molecule has 1 aromatic rings. The molecule has 2 heterocycles. The van der Waals surface area contributed by atoms with E-state index in [9.17, 15) is 4.79 Å². The summed E-state index contributed by atoms with van der Waals surface area (Å²) in [6, 6.07) is 8.32. The number of piperazine rings is 1. The van der Waals surface area contributed by atoms with Crippen molar-refractivity contribution in [3.05, 3.63) is 34.3 Å². The molecule has 1 aromatic carbocycles. The maximum atomic E-state index is 12.5. The van der Waals surface area contributed by atoms with Crippen LogP contribution in [-0.2, 0) is 11.3 Å². The number of hydrogen-bond acceptors (Lipinski definition) is 3. The van der Waals surface area contributed by atoms with E-state index in [0.717, 1.165) is 69.1 Å². The van der Waals surface area contributed by atoms with Crippen LogP contribution < -0.4 is 5.32 Å². The highest BCUT2D eigenvalue weighted by Gasteiger charge is 2.23. The minimum atomic E-state index is 0. The molecule has 3 rings (SSSR count). The summed E-state index contributed by atoms with van der Waals surface area (Å²) in [4.78, 5) is 23.5. The smallest absolute Gasteiger partial charge is 0.236 e. The van der Waals surface area contributed by atoms with Crippen molar-refractivity contribution in [1.29, 1.82) is 0 Å². The van der Waals surface area contributed by atoms with Crippen LogP contribution >= 0.6 is 39.9 Å². The zero-order valence-electron chi connectivity index (χ0n) is 16.6. The van der Waals surface area contributed by atoms with E-state index in [0.29, 0.717) is 12.5 Å². The predicted molar refractivity (Wildman–Crippen MR) is 128 cm³/mol. The van der Waals surface area contributed by atoms with Crippen LogP contribution in [0.3, 0.4) is 0 Å². The second kappa shape index (κ2) is 12.0. The van der Waals surface area contributed by atoms with Crippen LogP contribution in [0.25, 0.3) is 0 Å². The summed E-state index contributed by atoms with van der Waals surface area (Å²) in [5, 5.41) is 3.45. The number of piperidine rings is 1. The summed E-state index contributed by atoms with van der Waals surface area (Å²) in [6.07, 6.45) is 3.56. The van der Waals surface area contributed by atoms with Gasteiger partial charge >= 0.3 is 0 Å². The predicted octanol–water partition coefficient (Wildman–Crippen LogP) is 2.77. The number of hydrogen-bond donors (Lipinski definition) is 1. The lowest BCUT2D eigenvalue weighted by Gasteiger charge is -2.37. The fourth-order valence-corrected chi connectivity index (χ4v) is 3.93. The van der Waals surface area contributed by atoms with E-state index in [4.69, 9.17) is 0 Å². The van der Waals surface area contributed by atoms with Crippen LogP contribution in [0.4, 0.5) is 0 Å². The Bertz CT molecular complexity index is 641. The number of benzene rings is 1. The fourth-order valence-electron chi connectivity index (χ4n) is 3.67. The Morgan fingerprint density at radius 2 is 1.64 bits per heavy atom. The first-order valence-corrected chi connectivity index (χ1v) is 10.6. The van der Waals surface area contributed by atoms with Crippen LogP contribution in [-0.4, -0.2) is 79.4 Å². The molecule has 2 fully saturated rings. The standard InChI is InChI=1S/C20H30BrN5O.HI/c1-22-20(23-15-17-5-7-18(21)8-6-17)26-13-11-24(12-14-26)16-19(27)25-9-3-2-4-10-25;/h5-8H,2-4,9-16H2,1H3,(H,22,23);1H. The molecule has 0 aliphatic carbocycles. The number of halogens is 2. The van der Waals surface area contributed by atoms with E-state index in [2.05, 4.69) is 60.3 Å². The molecule has 0 spiro atoms. The number of nitrogens with one attached hydrogen (secondary N) is 1. The summed E-state index contributed by atoms with van der Waals surface area (Å²) >= 11 is 3.47. The molecule has 0 atom stereocenters. The molecule has 1 amide bonds. The summed E-state index contributed by atoms with van der Waals surface area (Å²) in [7, 11) is 1.83. The van der Waals surface area contributed by atoms with Gasteiger partial charge in [-0.2, -0.15) is 0 Å². The Labute approximate surface area is 193 Å². The van der Waals surface area contributed by atoms with Gasteiger partial charge in [0.05, 0.1) is 6.54 Å². The molecule has 156 valence electrons. The highest BCUT2D eigenvalue weighted by Crippen LogP contribution is 2.12. The van der Waals surface area contributed by atoms with Crippen LogP contribution in [0.15, 0.2) is 33.7 Å². The fraction of sp³-hybridized carbons (Fsp3) is 0.600. The third-order valence-electron chi connectivity index (χ3n) is 5.32. The number of carbonyl (C=O) groups is 1. The third-order valence-corrected chi connectivity index (χ3v) is 5.84. The molecule has 0 saturated carbocycles. The van der Waals surface area contributed by atoms with Crippen molar-refractivity contribution in [2.24, 2.45) is 4.99 Å². The van der Waals surface area contributed by atoms with E-state index in [1.54, 1.807) is 0 Å². The zero-order valence-corrected chi connectivity index (χ0v) is 20.5. The summed E-state index contributed by atoms with van der Waals surface area (Å²) in [5.41, 5.74) is 1.23. The van der Waals surface area contributed by atoms with E-state index in [1.807, 2.05) is 11.9 Å². The molecule has 0 aromatic heterocycles. The molecule has 6 nitrogen and oxygen atoms in total. The molecule has 0 radical (unpaired) electrons. The first-order chi connectivity index (χ1) is 13.2. The van der Waals surface area contributed by atoms with Crippen LogP contribution in [0.5, 0.6) is 0 Å². The third kappa shape index (κ3) is 6.88. The quantitative estimate of drug-likeness (QED) is 0.348. The molecule has 8 heteroatoms. The molecule has 28 heavy (non-hydrogen) atoms. The van der Waals surface area contributed by atoms with Gasteiger partial charge in [0.25, 0.3) is 0 Å². The van der Waals surface area contributed by atoms with Gasteiger partial charge in [-0.3, -0.25) is 14.7 Å². The van der Waals surface area contributed by atoms with Crippen LogP contribution in [0.2, 0.25) is 0 Å². The van der Waals surface area contributed by atoms with Gasteiger partial charge in [0.2, 0.25) is 5.91 Å². The van der Waals surface area contributed by atoms with Crippen molar-refractivity contribution in [3.63, 3.8) is 0 Å². The van der Waals surface area contributed by atoms with Gasteiger partial charge in [-0.1, -0.05) is 28.1 Å². The van der Waals surface area contributed by atoms with Gasteiger partial charge in [-0.25, -0.2) is 0 Å². The number of aliphatic imine (C=N–C) groups is 1. The lowest BCUT2D eigenvalue weighted by molar-refractivity contribution is -0.133. The topological polar surface area (TPSA) is 51.2 Å². The van der Waals surface area contributed by atoms with Gasteiger partial charge in [-0.15, -0.1) is 24.0 Å². The lowest BCUT2D eigenvalue weighted by atomic mass is 10.1. The minimum Gasteiger partial charge on any atom is -0.352 e. The molecule has 0 bridgehead atoms. The molecule has 2 saturated heterocycles. The Kier molecular flexibility index (Phi) is 10.0. The molecule has 2 aliphatic rings. The van der Waals surface area contributed by atoms with Gasteiger partial charge in [-0.05, 0) is 37.0 Å². The Morgan fingerprint density at radius 3 is 2.25 bits per heavy atom. The summed E-state index contributed by atoms with van der Waals surface area (Å²) in [6.45, 7) is 6.78. The second-order valence-electron chi connectivity index (χ2n) is 7.23. The van der Waals surface area contributed by atoms with Gasteiger partial charge < -0.3 is 15.1 Å². The first kappa shape index (κ1) is 23.4. The van der Waals surface area contributed by atoms with Crippen molar-refractivity contribution < 1.29 is 4.79 Å². The van der Waals surface area contributed by atoms with E-state index in [1.165, 1.54) is 12.0 Å². The van der Waals surface area contributed by atoms with Crippen molar-refractivity contribution >= 4 is 51.8 Å². The highest BCUT2D eigenvalue weighted by atomic mass is 127.